The minimum absolute atomic E-state index is 0.0964. The van der Waals surface area contributed by atoms with Gasteiger partial charge in [-0.1, -0.05) is 36.9 Å². The molecule has 0 aliphatic carbocycles. The average Bonchev–Trinajstić information content (AvgIpc) is 2.90. The molecule has 1 aromatic carbocycles. The zero-order chi connectivity index (χ0) is 17.2. The molecule has 1 unspecified atom stereocenters. The Bertz CT molecular complexity index is 776. The fraction of sp³-hybridized carbons (Fsp3) is 0.316. The molecule has 0 spiro atoms. The summed E-state index contributed by atoms with van der Waals surface area (Å²) in [5, 5.41) is 0.873. The smallest absolute Gasteiger partial charge is 0.267 e. The molecule has 0 bridgehead atoms. The van der Waals surface area contributed by atoms with Crippen LogP contribution in [0.1, 0.15) is 37.3 Å². The van der Waals surface area contributed by atoms with Gasteiger partial charge in [0.15, 0.2) is 0 Å². The number of amides is 1. The molecule has 124 valence electrons. The van der Waals surface area contributed by atoms with Crippen LogP contribution in [0.25, 0.3) is 0 Å². The van der Waals surface area contributed by atoms with Gasteiger partial charge in [0.2, 0.25) is 0 Å². The van der Waals surface area contributed by atoms with Crippen molar-refractivity contribution in [2.75, 3.05) is 7.11 Å². The van der Waals surface area contributed by atoms with Crippen molar-refractivity contribution < 1.29 is 9.53 Å². The molecular formula is C19H20N2O2S. The maximum atomic E-state index is 12.5. The maximum absolute atomic E-state index is 12.5. The number of hydrogen-bond acceptors (Lipinski definition) is 4. The lowest BCUT2D eigenvalue weighted by molar-refractivity contribution is -0.119. The van der Waals surface area contributed by atoms with Gasteiger partial charge in [-0.15, -0.1) is 0 Å². The molecule has 1 aliphatic heterocycles. The van der Waals surface area contributed by atoms with E-state index in [9.17, 15) is 4.79 Å². The summed E-state index contributed by atoms with van der Waals surface area (Å²) < 4.78 is 4.79. The second-order valence-electron chi connectivity index (χ2n) is 6.03. The molecule has 2 heterocycles. The topological polar surface area (TPSA) is 51.5 Å². The van der Waals surface area contributed by atoms with Gasteiger partial charge in [0.1, 0.15) is 10.5 Å². The Balaban J connectivity index is 1.78. The van der Waals surface area contributed by atoms with Crippen molar-refractivity contribution in [2.24, 2.45) is 4.99 Å². The van der Waals surface area contributed by atoms with Gasteiger partial charge < -0.3 is 4.74 Å². The zero-order valence-electron chi connectivity index (χ0n) is 14.0. The fourth-order valence-corrected chi connectivity index (χ4v) is 4.23. The van der Waals surface area contributed by atoms with Crippen LogP contribution in [0.15, 0.2) is 53.8 Å². The van der Waals surface area contributed by atoms with E-state index < -0.39 is 4.75 Å². The van der Waals surface area contributed by atoms with E-state index >= 15 is 0 Å². The highest BCUT2D eigenvalue weighted by Crippen LogP contribution is 2.45. The summed E-state index contributed by atoms with van der Waals surface area (Å²) in [6, 6.07) is 11.8. The van der Waals surface area contributed by atoms with Crippen molar-refractivity contribution in [1.82, 2.24) is 4.98 Å². The van der Waals surface area contributed by atoms with Gasteiger partial charge in [-0.25, -0.2) is 4.99 Å². The number of benzene rings is 1. The molecule has 2 atom stereocenters. The van der Waals surface area contributed by atoms with Gasteiger partial charge in [0.25, 0.3) is 5.91 Å². The Kier molecular flexibility index (Phi) is 4.71. The SMILES string of the molecule is COc1ccccc1[C@H](C)CC1=NC(=O)C(C)(c2ccncc2)S1. The van der Waals surface area contributed by atoms with Crippen LogP contribution >= 0.6 is 11.8 Å². The van der Waals surface area contributed by atoms with Crippen LogP contribution in [0.4, 0.5) is 0 Å². The van der Waals surface area contributed by atoms with Crippen molar-refractivity contribution >= 4 is 22.7 Å². The predicted octanol–water partition coefficient (Wildman–Crippen LogP) is 4.17. The number of rotatable bonds is 5. The van der Waals surface area contributed by atoms with Crippen LogP contribution in [0.3, 0.4) is 0 Å². The molecule has 5 heteroatoms. The molecule has 4 nitrogen and oxygen atoms in total. The first kappa shape index (κ1) is 16.7. The van der Waals surface area contributed by atoms with Gasteiger partial charge in [-0.05, 0) is 42.2 Å². The molecule has 24 heavy (non-hydrogen) atoms. The van der Waals surface area contributed by atoms with Crippen molar-refractivity contribution in [3.63, 3.8) is 0 Å². The van der Waals surface area contributed by atoms with Gasteiger partial charge in [0, 0.05) is 18.8 Å². The number of ether oxygens (including phenoxy) is 1. The van der Waals surface area contributed by atoms with E-state index in [4.69, 9.17) is 4.74 Å². The number of hydrogen-bond donors (Lipinski definition) is 0. The largest absolute Gasteiger partial charge is 0.496 e. The number of pyridine rings is 1. The Morgan fingerprint density at radius 2 is 1.92 bits per heavy atom. The van der Waals surface area contributed by atoms with Crippen LogP contribution in [-0.2, 0) is 9.54 Å². The monoisotopic (exact) mass is 340 g/mol. The summed E-state index contributed by atoms with van der Waals surface area (Å²) in [6.45, 7) is 4.06. The normalized spacial score (nSPS) is 21.5. The van der Waals surface area contributed by atoms with Crippen LogP contribution in [-0.4, -0.2) is 23.0 Å². The number of nitrogens with zero attached hydrogens (tertiary/aromatic N) is 2. The van der Waals surface area contributed by atoms with E-state index in [0.29, 0.717) is 0 Å². The summed E-state index contributed by atoms with van der Waals surface area (Å²) >= 11 is 1.54. The Morgan fingerprint density at radius 3 is 2.62 bits per heavy atom. The van der Waals surface area contributed by atoms with E-state index in [1.54, 1.807) is 31.3 Å². The summed E-state index contributed by atoms with van der Waals surface area (Å²) in [6.07, 6.45) is 4.14. The first-order chi connectivity index (χ1) is 11.5. The number of aliphatic imine (C=N–C) groups is 1. The van der Waals surface area contributed by atoms with E-state index in [1.165, 1.54) is 0 Å². The fourth-order valence-electron chi connectivity index (χ4n) is 2.91. The van der Waals surface area contributed by atoms with Crippen LogP contribution in [0.2, 0.25) is 0 Å². The van der Waals surface area contributed by atoms with Crippen LogP contribution in [0.5, 0.6) is 5.75 Å². The van der Waals surface area contributed by atoms with E-state index in [-0.39, 0.29) is 11.8 Å². The quantitative estimate of drug-likeness (QED) is 0.820. The lowest BCUT2D eigenvalue weighted by Gasteiger charge is -2.21. The molecule has 2 aromatic rings. The highest BCUT2D eigenvalue weighted by atomic mass is 32.2. The Hall–Kier alpha value is -2.14. The number of carbonyl (C=O) groups excluding carboxylic acids is 1. The third kappa shape index (κ3) is 3.08. The Labute approximate surface area is 146 Å². The second-order valence-corrected chi connectivity index (χ2v) is 7.52. The number of para-hydroxylation sites is 1. The van der Waals surface area contributed by atoms with Crippen LogP contribution < -0.4 is 4.74 Å². The molecule has 1 amide bonds. The predicted molar refractivity (Wildman–Crippen MR) is 97.6 cm³/mol. The van der Waals surface area contributed by atoms with Crippen molar-refractivity contribution in [3.05, 3.63) is 59.9 Å². The third-order valence-corrected chi connectivity index (χ3v) is 5.65. The van der Waals surface area contributed by atoms with Gasteiger partial charge >= 0.3 is 0 Å². The first-order valence-electron chi connectivity index (χ1n) is 7.89. The van der Waals surface area contributed by atoms with Gasteiger partial charge in [0.05, 0.1) is 12.2 Å². The summed E-state index contributed by atoms with van der Waals surface area (Å²) in [4.78, 5) is 20.8. The zero-order valence-corrected chi connectivity index (χ0v) is 14.8. The number of carbonyl (C=O) groups is 1. The summed E-state index contributed by atoms with van der Waals surface area (Å²) in [7, 11) is 1.68. The first-order valence-corrected chi connectivity index (χ1v) is 8.70. The molecule has 0 fully saturated rings. The molecule has 1 aromatic heterocycles. The van der Waals surface area contributed by atoms with Crippen LogP contribution in [0, 0.1) is 0 Å². The van der Waals surface area contributed by atoms with E-state index in [1.807, 2.05) is 37.3 Å². The summed E-state index contributed by atoms with van der Waals surface area (Å²) in [5.41, 5.74) is 2.07. The molecule has 0 saturated heterocycles. The van der Waals surface area contributed by atoms with Gasteiger partial charge in [-0.3, -0.25) is 9.78 Å². The lowest BCUT2D eigenvalue weighted by atomic mass is 9.97. The number of thioether (sulfide) groups is 1. The molecule has 0 radical (unpaired) electrons. The third-order valence-electron chi connectivity index (χ3n) is 4.34. The highest BCUT2D eigenvalue weighted by molar-refractivity contribution is 8.15. The minimum atomic E-state index is -0.654. The van der Waals surface area contributed by atoms with E-state index in [2.05, 4.69) is 23.0 Å². The summed E-state index contributed by atoms with van der Waals surface area (Å²) in [5.74, 6) is 0.998. The van der Waals surface area contributed by atoms with E-state index in [0.717, 1.165) is 28.3 Å². The maximum Gasteiger partial charge on any atom is 0.267 e. The van der Waals surface area contributed by atoms with Gasteiger partial charge in [-0.2, -0.15) is 0 Å². The number of methoxy groups -OCH3 is 1. The lowest BCUT2D eigenvalue weighted by Crippen LogP contribution is -2.24. The number of aromatic nitrogens is 1. The van der Waals surface area contributed by atoms with Crippen molar-refractivity contribution in [2.45, 2.75) is 30.9 Å². The molecule has 0 saturated carbocycles. The molecule has 3 rings (SSSR count). The van der Waals surface area contributed by atoms with Crippen molar-refractivity contribution in [1.29, 1.82) is 0 Å². The molecule has 0 N–H and O–H groups in total. The van der Waals surface area contributed by atoms with Crippen molar-refractivity contribution in [3.8, 4) is 5.75 Å². The average molecular weight is 340 g/mol. The second kappa shape index (κ2) is 6.77. The highest BCUT2D eigenvalue weighted by Gasteiger charge is 2.42. The Morgan fingerprint density at radius 1 is 1.21 bits per heavy atom. The molecular weight excluding hydrogens is 320 g/mol. The minimum Gasteiger partial charge on any atom is -0.496 e. The molecule has 1 aliphatic rings. The standard InChI is InChI=1S/C19H20N2O2S/c1-13(15-6-4-5-7-16(15)23-3)12-17-21-18(22)19(2,24-17)14-8-10-20-11-9-14/h4-11,13H,12H2,1-3H3/t13-,19?/m1/s1.